The highest BCUT2D eigenvalue weighted by Crippen LogP contribution is 2.13. The molecule has 3 nitrogen and oxygen atoms in total. The van der Waals surface area contributed by atoms with Gasteiger partial charge in [0.1, 0.15) is 11.4 Å². The van der Waals surface area contributed by atoms with Gasteiger partial charge in [0.15, 0.2) is 6.29 Å². The average Bonchev–Trinajstić information content (AvgIpc) is 2.04. The summed E-state index contributed by atoms with van der Waals surface area (Å²) < 4.78 is 0. The minimum atomic E-state index is -0.0423. The summed E-state index contributed by atoms with van der Waals surface area (Å²) in [4.78, 5) is 14.0. The van der Waals surface area contributed by atoms with Crippen molar-refractivity contribution < 1.29 is 9.90 Å². The summed E-state index contributed by atoms with van der Waals surface area (Å²) >= 11 is 0. The number of nitrogens with zero attached hydrogens (tertiary/aromatic N) is 1. The van der Waals surface area contributed by atoms with Crippen LogP contribution in [0.3, 0.4) is 0 Å². The lowest BCUT2D eigenvalue weighted by Crippen LogP contribution is -1.89. The second kappa shape index (κ2) is 3.14. The van der Waals surface area contributed by atoms with E-state index in [0.29, 0.717) is 6.29 Å². The Morgan fingerprint density at radius 3 is 2.91 bits per heavy atom. The highest BCUT2D eigenvalue weighted by molar-refractivity contribution is 5.75. The van der Waals surface area contributed by atoms with Crippen LogP contribution < -0.4 is 0 Å². The van der Waals surface area contributed by atoms with Crippen molar-refractivity contribution >= 4 is 6.29 Å². The predicted octanol–water partition coefficient (Wildman–Crippen LogP) is 1.16. The van der Waals surface area contributed by atoms with Gasteiger partial charge >= 0.3 is 0 Å². The fourth-order valence-corrected chi connectivity index (χ4v) is 0.790. The van der Waals surface area contributed by atoms with Crippen molar-refractivity contribution in [3.8, 4) is 5.75 Å². The van der Waals surface area contributed by atoms with E-state index in [1.165, 1.54) is 0 Å². The van der Waals surface area contributed by atoms with Gasteiger partial charge in [0.25, 0.3) is 0 Å². The largest absolute Gasteiger partial charge is 0.506 e. The van der Waals surface area contributed by atoms with Gasteiger partial charge in [0.2, 0.25) is 0 Å². The number of pyridine rings is 1. The van der Waals surface area contributed by atoms with Crippen molar-refractivity contribution in [1.82, 2.24) is 4.98 Å². The zero-order valence-electron chi connectivity index (χ0n) is 6.24. The van der Waals surface area contributed by atoms with Gasteiger partial charge in [-0.1, -0.05) is 6.92 Å². The molecule has 0 spiro atoms. The predicted molar refractivity (Wildman–Crippen MR) is 40.7 cm³/mol. The van der Waals surface area contributed by atoms with Crippen LogP contribution in [0.15, 0.2) is 12.3 Å². The monoisotopic (exact) mass is 151 g/mol. The van der Waals surface area contributed by atoms with Crippen molar-refractivity contribution in [3.63, 3.8) is 0 Å². The second-order valence-electron chi connectivity index (χ2n) is 2.22. The van der Waals surface area contributed by atoms with E-state index in [-0.39, 0.29) is 11.4 Å². The first-order chi connectivity index (χ1) is 5.27. The number of carbonyl (C=O) groups excluding carboxylic acids is 1. The number of aromatic nitrogens is 1. The summed E-state index contributed by atoms with van der Waals surface area (Å²) in [7, 11) is 0. The molecule has 1 aromatic heterocycles. The molecule has 1 heterocycles. The van der Waals surface area contributed by atoms with Gasteiger partial charge in [-0.3, -0.25) is 4.79 Å². The van der Waals surface area contributed by atoms with Gasteiger partial charge in [-0.05, 0) is 18.1 Å². The van der Waals surface area contributed by atoms with Crippen LogP contribution in [0.25, 0.3) is 0 Å². The molecular weight excluding hydrogens is 142 g/mol. The maximum absolute atomic E-state index is 10.2. The molecule has 0 radical (unpaired) electrons. The Balaban J connectivity index is 3.09. The number of aromatic hydroxyl groups is 1. The maximum Gasteiger partial charge on any atom is 0.172 e. The fourth-order valence-electron chi connectivity index (χ4n) is 0.790. The van der Waals surface area contributed by atoms with Crippen LogP contribution in [0.5, 0.6) is 5.75 Å². The van der Waals surface area contributed by atoms with E-state index in [2.05, 4.69) is 4.98 Å². The van der Waals surface area contributed by atoms with E-state index < -0.39 is 0 Å². The van der Waals surface area contributed by atoms with Gasteiger partial charge in [0.05, 0.1) is 0 Å². The molecule has 0 bridgehead atoms. The minimum Gasteiger partial charge on any atom is -0.506 e. The number of carbonyl (C=O) groups is 1. The Kier molecular flexibility index (Phi) is 2.21. The first-order valence-corrected chi connectivity index (χ1v) is 3.41. The molecule has 0 aliphatic carbocycles. The normalized spacial score (nSPS) is 9.55. The standard InChI is InChI=1S/C8H9NO2/c1-2-6-3-8(11)7(5-10)9-4-6/h3-5,11H,2H2,1H3. The molecule has 0 saturated heterocycles. The van der Waals surface area contributed by atoms with E-state index in [1.807, 2.05) is 6.92 Å². The first-order valence-electron chi connectivity index (χ1n) is 3.41. The molecule has 0 amide bonds. The fraction of sp³-hybridized carbons (Fsp3) is 0.250. The summed E-state index contributed by atoms with van der Waals surface area (Å²) in [5.41, 5.74) is 1.02. The van der Waals surface area contributed by atoms with E-state index in [9.17, 15) is 4.79 Å². The molecule has 11 heavy (non-hydrogen) atoms. The third-order valence-corrected chi connectivity index (χ3v) is 1.47. The lowest BCUT2D eigenvalue weighted by Gasteiger charge is -1.98. The number of hydrogen-bond donors (Lipinski definition) is 1. The Morgan fingerprint density at radius 1 is 1.73 bits per heavy atom. The third kappa shape index (κ3) is 1.55. The van der Waals surface area contributed by atoms with Gasteiger partial charge in [-0.15, -0.1) is 0 Å². The van der Waals surface area contributed by atoms with E-state index >= 15 is 0 Å². The van der Waals surface area contributed by atoms with Crippen molar-refractivity contribution in [1.29, 1.82) is 0 Å². The summed E-state index contributed by atoms with van der Waals surface area (Å²) in [6, 6.07) is 1.55. The van der Waals surface area contributed by atoms with Gasteiger partial charge in [-0.2, -0.15) is 0 Å². The third-order valence-electron chi connectivity index (χ3n) is 1.47. The summed E-state index contributed by atoms with van der Waals surface area (Å²) in [5, 5.41) is 9.13. The van der Waals surface area contributed by atoms with Crippen molar-refractivity contribution in [3.05, 3.63) is 23.5 Å². The molecule has 0 aliphatic heterocycles. The highest BCUT2D eigenvalue weighted by Gasteiger charge is 2.00. The van der Waals surface area contributed by atoms with Crippen LogP contribution in [0, 0.1) is 0 Å². The van der Waals surface area contributed by atoms with Crippen molar-refractivity contribution in [2.24, 2.45) is 0 Å². The molecule has 1 rings (SSSR count). The SMILES string of the molecule is CCc1cnc(C=O)c(O)c1. The quantitative estimate of drug-likeness (QED) is 0.645. The smallest absolute Gasteiger partial charge is 0.172 e. The van der Waals surface area contributed by atoms with Gasteiger partial charge in [0, 0.05) is 6.20 Å². The van der Waals surface area contributed by atoms with Crippen LogP contribution in [-0.4, -0.2) is 16.4 Å². The second-order valence-corrected chi connectivity index (χ2v) is 2.22. The zero-order valence-corrected chi connectivity index (χ0v) is 6.24. The first kappa shape index (κ1) is 7.72. The Morgan fingerprint density at radius 2 is 2.45 bits per heavy atom. The summed E-state index contributed by atoms with van der Waals surface area (Å²) in [5.74, 6) is -0.0423. The number of aldehydes is 1. The van der Waals surface area contributed by atoms with E-state index in [0.717, 1.165) is 12.0 Å². The summed E-state index contributed by atoms with van der Waals surface area (Å²) in [6.07, 6.45) is 2.93. The summed E-state index contributed by atoms with van der Waals surface area (Å²) in [6.45, 7) is 1.96. The molecular formula is C8H9NO2. The molecule has 0 fully saturated rings. The molecule has 58 valence electrons. The molecule has 0 unspecified atom stereocenters. The van der Waals surface area contributed by atoms with Crippen LogP contribution >= 0.6 is 0 Å². The van der Waals surface area contributed by atoms with E-state index in [4.69, 9.17) is 5.11 Å². The zero-order chi connectivity index (χ0) is 8.27. The molecule has 0 aliphatic rings. The lowest BCUT2D eigenvalue weighted by molar-refractivity contribution is 0.111. The molecule has 3 heteroatoms. The number of hydrogen-bond acceptors (Lipinski definition) is 3. The van der Waals surface area contributed by atoms with Crippen molar-refractivity contribution in [2.45, 2.75) is 13.3 Å². The Labute approximate surface area is 64.7 Å². The number of aryl methyl sites for hydroxylation is 1. The molecule has 0 atom stereocenters. The van der Waals surface area contributed by atoms with Crippen LogP contribution in [0.2, 0.25) is 0 Å². The molecule has 0 saturated carbocycles. The maximum atomic E-state index is 10.2. The van der Waals surface area contributed by atoms with E-state index in [1.54, 1.807) is 12.3 Å². The topological polar surface area (TPSA) is 50.2 Å². The number of rotatable bonds is 2. The lowest BCUT2D eigenvalue weighted by atomic mass is 10.2. The van der Waals surface area contributed by atoms with Crippen LogP contribution in [0.1, 0.15) is 23.0 Å². The van der Waals surface area contributed by atoms with Crippen LogP contribution in [0.4, 0.5) is 0 Å². The minimum absolute atomic E-state index is 0.0423. The molecule has 1 N–H and O–H groups in total. The molecule has 1 aromatic rings. The van der Waals surface area contributed by atoms with Gasteiger partial charge < -0.3 is 5.11 Å². The Hall–Kier alpha value is -1.38. The van der Waals surface area contributed by atoms with Gasteiger partial charge in [-0.25, -0.2) is 4.98 Å². The molecule has 0 aromatic carbocycles. The van der Waals surface area contributed by atoms with Crippen LogP contribution in [-0.2, 0) is 6.42 Å². The average molecular weight is 151 g/mol. The Bertz CT molecular complexity index is 271. The highest BCUT2D eigenvalue weighted by atomic mass is 16.3. The van der Waals surface area contributed by atoms with Crippen molar-refractivity contribution in [2.75, 3.05) is 0 Å².